The molecule has 1 aromatic heterocycles. The number of rotatable bonds is 2. The van der Waals surface area contributed by atoms with Gasteiger partial charge in [-0.1, -0.05) is 0 Å². The smallest absolute Gasteiger partial charge is 0.277 e. The quantitative estimate of drug-likeness (QED) is 0.780. The van der Waals surface area contributed by atoms with Crippen molar-refractivity contribution in [3.63, 3.8) is 0 Å². The van der Waals surface area contributed by atoms with Crippen LogP contribution >= 0.6 is 0 Å². The lowest BCUT2D eigenvalue weighted by atomic mass is 10.1. The van der Waals surface area contributed by atoms with Crippen LogP contribution in [0.2, 0.25) is 0 Å². The van der Waals surface area contributed by atoms with Gasteiger partial charge in [0.2, 0.25) is 0 Å². The van der Waals surface area contributed by atoms with E-state index in [1.54, 1.807) is 30.2 Å². The third kappa shape index (κ3) is 3.09. The predicted octanol–water partition coefficient (Wildman–Crippen LogP) is -0.649. The third-order valence-corrected chi connectivity index (χ3v) is 4.21. The van der Waals surface area contributed by atoms with E-state index in [0.29, 0.717) is 24.3 Å². The molecule has 2 N–H and O–H groups in total. The average molecular weight is 284 g/mol. The second-order valence-electron chi connectivity index (χ2n) is 4.37. The molecule has 1 fully saturated rings. The summed E-state index contributed by atoms with van der Waals surface area (Å²) in [5, 5.41) is 5.05. The fourth-order valence-corrected chi connectivity index (χ4v) is 2.70. The van der Waals surface area contributed by atoms with E-state index >= 15 is 0 Å². The summed E-state index contributed by atoms with van der Waals surface area (Å²) in [7, 11) is -3.66. The van der Waals surface area contributed by atoms with Crippen molar-refractivity contribution in [1.29, 1.82) is 0 Å². The van der Waals surface area contributed by atoms with Crippen molar-refractivity contribution in [1.82, 2.24) is 14.2 Å². The minimum atomic E-state index is -3.66. The van der Waals surface area contributed by atoms with E-state index in [1.165, 1.54) is 4.31 Å². The van der Waals surface area contributed by atoms with Crippen LogP contribution in [0.1, 0.15) is 16.1 Å². The second-order valence-corrected chi connectivity index (χ2v) is 5.92. The van der Waals surface area contributed by atoms with Crippen LogP contribution in [-0.2, 0) is 10.2 Å². The Bertz CT molecular complexity index is 579. The first-order valence-corrected chi connectivity index (χ1v) is 7.38. The van der Waals surface area contributed by atoms with Crippen LogP contribution in [0.5, 0.6) is 0 Å². The molecule has 0 saturated carbocycles. The van der Waals surface area contributed by atoms with Gasteiger partial charge in [-0.15, -0.1) is 0 Å². The van der Waals surface area contributed by atoms with Gasteiger partial charge in [0.25, 0.3) is 16.1 Å². The zero-order chi connectivity index (χ0) is 14.0. The summed E-state index contributed by atoms with van der Waals surface area (Å²) in [6.07, 6.45) is 1.63. The second kappa shape index (κ2) is 5.24. The van der Waals surface area contributed by atoms with Gasteiger partial charge in [-0.3, -0.25) is 9.78 Å². The Hall–Kier alpha value is -1.51. The number of piperazine rings is 1. The number of carbonyl (C=O) groups is 1. The highest BCUT2D eigenvalue weighted by Gasteiger charge is 2.27. The van der Waals surface area contributed by atoms with Crippen molar-refractivity contribution in [2.75, 3.05) is 26.2 Å². The fraction of sp³-hybridized carbons (Fsp3) is 0.455. The number of pyridine rings is 1. The lowest BCUT2D eigenvalue weighted by Crippen LogP contribution is -2.52. The maximum absolute atomic E-state index is 12.3. The van der Waals surface area contributed by atoms with Crippen LogP contribution < -0.4 is 5.14 Å². The minimum Gasteiger partial charge on any atom is -0.336 e. The molecule has 2 rings (SSSR count). The number of hydrogen-bond acceptors (Lipinski definition) is 4. The van der Waals surface area contributed by atoms with Crippen LogP contribution in [-0.4, -0.2) is 54.7 Å². The molecule has 1 aromatic rings. The molecule has 7 nitrogen and oxygen atoms in total. The van der Waals surface area contributed by atoms with E-state index in [2.05, 4.69) is 4.98 Å². The molecule has 19 heavy (non-hydrogen) atoms. The first kappa shape index (κ1) is 13.9. The molecule has 1 aliphatic heterocycles. The molecule has 0 unspecified atom stereocenters. The standard InChI is InChI=1S/C11H16N4O3S/c1-9-10(3-2-4-13-9)11(16)14-5-7-15(8-6-14)19(12,17)18/h2-4H,5-8H2,1H3,(H2,12,17,18). The lowest BCUT2D eigenvalue weighted by molar-refractivity contribution is 0.0696. The van der Waals surface area contributed by atoms with Crippen LogP contribution in [0, 0.1) is 6.92 Å². The number of aromatic nitrogens is 1. The van der Waals surface area contributed by atoms with Gasteiger partial charge in [-0.2, -0.15) is 12.7 Å². The molecule has 1 amide bonds. The summed E-state index contributed by atoms with van der Waals surface area (Å²) in [6, 6.07) is 3.43. The predicted molar refractivity (Wildman–Crippen MR) is 69.6 cm³/mol. The van der Waals surface area contributed by atoms with Gasteiger partial charge in [0.05, 0.1) is 5.56 Å². The van der Waals surface area contributed by atoms with Crippen molar-refractivity contribution in [2.45, 2.75) is 6.92 Å². The number of nitrogens with two attached hydrogens (primary N) is 1. The topological polar surface area (TPSA) is 96.6 Å². The number of carbonyl (C=O) groups excluding carboxylic acids is 1. The molecule has 0 aromatic carbocycles. The highest BCUT2D eigenvalue weighted by atomic mass is 32.2. The fourth-order valence-electron chi connectivity index (χ4n) is 2.03. The molecule has 104 valence electrons. The molecule has 0 radical (unpaired) electrons. The Balaban J connectivity index is 2.07. The summed E-state index contributed by atoms with van der Waals surface area (Å²) in [6.45, 7) is 2.90. The molecule has 0 spiro atoms. The van der Waals surface area contributed by atoms with Gasteiger partial charge in [-0.05, 0) is 19.1 Å². The highest BCUT2D eigenvalue weighted by Crippen LogP contribution is 2.11. The van der Waals surface area contributed by atoms with Gasteiger partial charge >= 0.3 is 0 Å². The Morgan fingerprint density at radius 1 is 1.32 bits per heavy atom. The van der Waals surface area contributed by atoms with E-state index < -0.39 is 10.2 Å². The molecule has 8 heteroatoms. The van der Waals surface area contributed by atoms with Gasteiger partial charge in [0, 0.05) is 38.1 Å². The van der Waals surface area contributed by atoms with Gasteiger partial charge in [0.15, 0.2) is 0 Å². The molecular weight excluding hydrogens is 268 g/mol. The lowest BCUT2D eigenvalue weighted by Gasteiger charge is -2.33. The van der Waals surface area contributed by atoms with Crippen molar-refractivity contribution in [3.05, 3.63) is 29.6 Å². The zero-order valence-corrected chi connectivity index (χ0v) is 11.4. The van der Waals surface area contributed by atoms with Gasteiger partial charge in [0.1, 0.15) is 0 Å². The molecule has 2 heterocycles. The average Bonchev–Trinajstić information content (AvgIpc) is 2.38. The van der Waals surface area contributed by atoms with Crippen molar-refractivity contribution in [3.8, 4) is 0 Å². The summed E-state index contributed by atoms with van der Waals surface area (Å²) < 4.78 is 23.5. The molecular formula is C11H16N4O3S. The Morgan fingerprint density at radius 3 is 2.47 bits per heavy atom. The molecule has 1 aliphatic rings. The summed E-state index contributed by atoms with van der Waals surface area (Å²) in [4.78, 5) is 18.0. The van der Waals surface area contributed by atoms with Crippen LogP contribution in [0.4, 0.5) is 0 Å². The SMILES string of the molecule is Cc1ncccc1C(=O)N1CCN(S(N)(=O)=O)CC1. The van der Waals surface area contributed by atoms with Gasteiger partial charge < -0.3 is 4.90 Å². The minimum absolute atomic E-state index is 0.125. The highest BCUT2D eigenvalue weighted by molar-refractivity contribution is 7.86. The van der Waals surface area contributed by atoms with E-state index in [-0.39, 0.29) is 19.0 Å². The normalized spacial score (nSPS) is 17.5. The third-order valence-electron chi connectivity index (χ3n) is 3.12. The molecule has 0 aliphatic carbocycles. The van der Waals surface area contributed by atoms with Crippen molar-refractivity contribution < 1.29 is 13.2 Å². The Morgan fingerprint density at radius 2 is 1.95 bits per heavy atom. The molecule has 0 bridgehead atoms. The summed E-state index contributed by atoms with van der Waals surface area (Å²) in [5.41, 5.74) is 1.22. The van der Waals surface area contributed by atoms with E-state index in [9.17, 15) is 13.2 Å². The zero-order valence-electron chi connectivity index (χ0n) is 10.6. The number of amides is 1. The van der Waals surface area contributed by atoms with Crippen molar-refractivity contribution in [2.24, 2.45) is 5.14 Å². The van der Waals surface area contributed by atoms with Crippen molar-refractivity contribution >= 4 is 16.1 Å². The van der Waals surface area contributed by atoms with E-state index in [0.717, 1.165) is 0 Å². The Labute approximate surface area is 112 Å². The molecule has 1 saturated heterocycles. The van der Waals surface area contributed by atoms with Crippen LogP contribution in [0.25, 0.3) is 0 Å². The maximum atomic E-state index is 12.3. The number of hydrogen-bond donors (Lipinski definition) is 1. The monoisotopic (exact) mass is 284 g/mol. The number of nitrogens with zero attached hydrogens (tertiary/aromatic N) is 3. The largest absolute Gasteiger partial charge is 0.336 e. The first-order valence-electron chi connectivity index (χ1n) is 5.88. The van der Waals surface area contributed by atoms with E-state index in [1.807, 2.05) is 0 Å². The maximum Gasteiger partial charge on any atom is 0.277 e. The first-order chi connectivity index (χ1) is 8.89. The summed E-state index contributed by atoms with van der Waals surface area (Å²) >= 11 is 0. The van der Waals surface area contributed by atoms with Crippen LogP contribution in [0.3, 0.4) is 0 Å². The van der Waals surface area contributed by atoms with E-state index in [4.69, 9.17) is 5.14 Å². The number of aryl methyl sites for hydroxylation is 1. The molecule has 0 atom stereocenters. The van der Waals surface area contributed by atoms with Crippen LogP contribution in [0.15, 0.2) is 18.3 Å². The summed E-state index contributed by atoms with van der Waals surface area (Å²) in [5.74, 6) is -0.125. The Kier molecular flexibility index (Phi) is 3.83. The van der Waals surface area contributed by atoms with Gasteiger partial charge in [-0.25, -0.2) is 5.14 Å².